The van der Waals surface area contributed by atoms with Crippen LogP contribution in [0, 0.1) is 0 Å². The first-order valence-electron chi connectivity index (χ1n) is 7.09. The van der Waals surface area contributed by atoms with E-state index in [9.17, 15) is 14.7 Å². The zero-order chi connectivity index (χ0) is 16.6. The number of pyridine rings is 1. The number of ketones is 1. The molecular formula is C18H14ClNO3. The van der Waals surface area contributed by atoms with Crippen molar-refractivity contribution in [1.82, 2.24) is 4.57 Å². The summed E-state index contributed by atoms with van der Waals surface area (Å²) in [5.41, 5.74) is 0.629. The standard InChI is InChI=1S/C18H14ClNO3/c1-11(21)16-14-4-2-3-5-15(14)17(22)20(18(16)23)10-12-6-8-13(19)9-7-12/h2-9,23H,10H2,1H3. The van der Waals surface area contributed by atoms with Crippen molar-refractivity contribution >= 4 is 28.2 Å². The predicted octanol–water partition coefficient (Wildman–Crippen LogP) is 3.61. The number of aromatic nitrogens is 1. The maximum absolute atomic E-state index is 12.7. The summed E-state index contributed by atoms with van der Waals surface area (Å²) < 4.78 is 1.21. The molecule has 0 aliphatic heterocycles. The normalized spacial score (nSPS) is 10.9. The van der Waals surface area contributed by atoms with Crippen LogP contribution in [0.15, 0.2) is 53.3 Å². The van der Waals surface area contributed by atoms with Gasteiger partial charge in [-0.15, -0.1) is 0 Å². The van der Waals surface area contributed by atoms with Crippen molar-refractivity contribution in [1.29, 1.82) is 0 Å². The largest absolute Gasteiger partial charge is 0.494 e. The van der Waals surface area contributed by atoms with Crippen LogP contribution in [0.3, 0.4) is 0 Å². The number of fused-ring (bicyclic) bond motifs is 1. The molecule has 0 spiro atoms. The van der Waals surface area contributed by atoms with Crippen LogP contribution >= 0.6 is 11.6 Å². The highest BCUT2D eigenvalue weighted by Gasteiger charge is 2.18. The van der Waals surface area contributed by atoms with Crippen LogP contribution in [-0.2, 0) is 6.54 Å². The summed E-state index contributed by atoms with van der Waals surface area (Å²) in [5.74, 6) is -0.597. The number of carbonyl (C=O) groups excluding carboxylic acids is 1. The van der Waals surface area contributed by atoms with Gasteiger partial charge in [-0.05, 0) is 30.7 Å². The molecule has 1 heterocycles. The van der Waals surface area contributed by atoms with Crippen molar-refractivity contribution in [3.8, 4) is 5.88 Å². The Morgan fingerprint density at radius 3 is 2.30 bits per heavy atom. The molecule has 23 heavy (non-hydrogen) atoms. The van der Waals surface area contributed by atoms with Gasteiger partial charge < -0.3 is 5.11 Å². The second-order valence-corrected chi connectivity index (χ2v) is 5.75. The summed E-state index contributed by atoms with van der Waals surface area (Å²) in [4.78, 5) is 24.6. The van der Waals surface area contributed by atoms with Crippen LogP contribution in [0.5, 0.6) is 5.88 Å². The van der Waals surface area contributed by atoms with Gasteiger partial charge in [0.15, 0.2) is 5.78 Å². The van der Waals surface area contributed by atoms with Gasteiger partial charge in [0.05, 0.1) is 12.1 Å². The van der Waals surface area contributed by atoms with E-state index in [1.54, 1.807) is 48.5 Å². The van der Waals surface area contributed by atoms with Crippen LogP contribution < -0.4 is 5.56 Å². The minimum atomic E-state index is -0.335. The van der Waals surface area contributed by atoms with Crippen molar-refractivity contribution in [2.45, 2.75) is 13.5 Å². The molecule has 116 valence electrons. The van der Waals surface area contributed by atoms with Gasteiger partial charge in [0.25, 0.3) is 5.56 Å². The van der Waals surface area contributed by atoms with Crippen LogP contribution in [0.4, 0.5) is 0 Å². The Labute approximate surface area is 137 Å². The fourth-order valence-corrected chi connectivity index (χ4v) is 2.78. The van der Waals surface area contributed by atoms with Gasteiger partial charge in [0.1, 0.15) is 0 Å². The lowest BCUT2D eigenvalue weighted by molar-refractivity contribution is 0.101. The number of aromatic hydroxyl groups is 1. The van der Waals surface area contributed by atoms with E-state index in [-0.39, 0.29) is 29.3 Å². The Morgan fingerprint density at radius 2 is 1.70 bits per heavy atom. The zero-order valence-corrected chi connectivity index (χ0v) is 13.2. The van der Waals surface area contributed by atoms with E-state index in [4.69, 9.17) is 11.6 Å². The van der Waals surface area contributed by atoms with Crippen molar-refractivity contribution in [2.75, 3.05) is 0 Å². The van der Waals surface area contributed by atoms with Crippen LogP contribution in [0.1, 0.15) is 22.8 Å². The van der Waals surface area contributed by atoms with E-state index in [2.05, 4.69) is 0 Å². The van der Waals surface area contributed by atoms with Crippen LogP contribution in [0.25, 0.3) is 10.8 Å². The number of carbonyl (C=O) groups is 1. The maximum atomic E-state index is 12.7. The quantitative estimate of drug-likeness (QED) is 0.748. The van der Waals surface area contributed by atoms with Gasteiger partial charge in [-0.25, -0.2) is 0 Å². The van der Waals surface area contributed by atoms with Gasteiger partial charge in [0.2, 0.25) is 5.88 Å². The van der Waals surface area contributed by atoms with E-state index >= 15 is 0 Å². The summed E-state index contributed by atoms with van der Waals surface area (Å²) in [5, 5.41) is 11.9. The molecule has 0 bridgehead atoms. The summed E-state index contributed by atoms with van der Waals surface area (Å²) in [7, 11) is 0. The number of Topliss-reactive ketones (excluding diaryl/α,β-unsaturated/α-hetero) is 1. The topological polar surface area (TPSA) is 59.3 Å². The van der Waals surface area contributed by atoms with Gasteiger partial charge in [0, 0.05) is 15.8 Å². The lowest BCUT2D eigenvalue weighted by Crippen LogP contribution is -2.23. The highest BCUT2D eigenvalue weighted by atomic mass is 35.5. The van der Waals surface area contributed by atoms with Crippen molar-refractivity contribution in [3.63, 3.8) is 0 Å². The molecule has 0 aliphatic carbocycles. The molecule has 0 aliphatic rings. The number of hydrogen-bond donors (Lipinski definition) is 1. The minimum absolute atomic E-state index is 0.160. The predicted molar refractivity (Wildman–Crippen MR) is 90.4 cm³/mol. The third-order valence-electron chi connectivity index (χ3n) is 3.76. The molecule has 0 radical (unpaired) electrons. The van der Waals surface area contributed by atoms with E-state index in [0.717, 1.165) is 5.56 Å². The molecule has 0 unspecified atom stereocenters. The van der Waals surface area contributed by atoms with Gasteiger partial charge in [-0.1, -0.05) is 41.9 Å². The Kier molecular flexibility index (Phi) is 3.92. The monoisotopic (exact) mass is 327 g/mol. The lowest BCUT2D eigenvalue weighted by Gasteiger charge is -2.14. The molecule has 3 rings (SSSR count). The Balaban J connectivity index is 2.26. The number of hydrogen-bond acceptors (Lipinski definition) is 3. The summed E-state index contributed by atoms with van der Waals surface area (Å²) >= 11 is 5.86. The molecule has 0 amide bonds. The smallest absolute Gasteiger partial charge is 0.261 e. The van der Waals surface area contributed by atoms with Gasteiger partial charge >= 0.3 is 0 Å². The summed E-state index contributed by atoms with van der Waals surface area (Å²) in [6.07, 6.45) is 0. The number of halogens is 1. The lowest BCUT2D eigenvalue weighted by atomic mass is 10.0. The molecule has 2 aromatic carbocycles. The molecule has 0 atom stereocenters. The van der Waals surface area contributed by atoms with E-state index in [1.165, 1.54) is 11.5 Å². The first-order valence-corrected chi connectivity index (χ1v) is 7.46. The minimum Gasteiger partial charge on any atom is -0.494 e. The van der Waals surface area contributed by atoms with Gasteiger partial charge in [-0.2, -0.15) is 0 Å². The fraction of sp³-hybridized carbons (Fsp3) is 0.111. The second kappa shape index (κ2) is 5.89. The van der Waals surface area contributed by atoms with Crippen LogP contribution in [-0.4, -0.2) is 15.5 Å². The average molecular weight is 328 g/mol. The molecule has 0 fully saturated rings. The number of rotatable bonds is 3. The zero-order valence-electron chi connectivity index (χ0n) is 12.4. The SMILES string of the molecule is CC(=O)c1c(O)n(Cc2ccc(Cl)cc2)c(=O)c2ccccc12. The third kappa shape index (κ3) is 2.73. The highest BCUT2D eigenvalue weighted by Crippen LogP contribution is 2.25. The van der Waals surface area contributed by atoms with Gasteiger partial charge in [-0.3, -0.25) is 14.2 Å². The van der Waals surface area contributed by atoms with E-state index < -0.39 is 0 Å². The molecule has 0 saturated carbocycles. The van der Waals surface area contributed by atoms with Crippen LogP contribution in [0.2, 0.25) is 5.02 Å². The number of benzene rings is 2. The Hall–Kier alpha value is -2.59. The van der Waals surface area contributed by atoms with E-state index in [0.29, 0.717) is 15.8 Å². The fourth-order valence-electron chi connectivity index (χ4n) is 2.65. The first kappa shape index (κ1) is 15.3. The molecular weight excluding hydrogens is 314 g/mol. The van der Waals surface area contributed by atoms with Crippen molar-refractivity contribution in [2.24, 2.45) is 0 Å². The third-order valence-corrected chi connectivity index (χ3v) is 4.01. The summed E-state index contributed by atoms with van der Waals surface area (Å²) in [6.45, 7) is 1.53. The second-order valence-electron chi connectivity index (χ2n) is 5.32. The Bertz CT molecular complexity index is 958. The molecule has 5 heteroatoms. The molecule has 1 N–H and O–H groups in total. The average Bonchev–Trinajstić information content (AvgIpc) is 2.53. The highest BCUT2D eigenvalue weighted by molar-refractivity contribution is 6.30. The molecule has 3 aromatic rings. The Morgan fingerprint density at radius 1 is 1.09 bits per heavy atom. The van der Waals surface area contributed by atoms with Crippen molar-refractivity contribution < 1.29 is 9.90 Å². The number of nitrogens with zero attached hydrogens (tertiary/aromatic N) is 1. The first-order chi connectivity index (χ1) is 11.0. The maximum Gasteiger partial charge on any atom is 0.261 e. The summed E-state index contributed by atoms with van der Waals surface area (Å²) in [6, 6.07) is 13.8. The van der Waals surface area contributed by atoms with Crippen molar-refractivity contribution in [3.05, 3.63) is 75.0 Å². The molecule has 0 saturated heterocycles. The van der Waals surface area contributed by atoms with E-state index in [1.807, 2.05) is 0 Å². The molecule has 4 nitrogen and oxygen atoms in total. The molecule has 1 aromatic heterocycles.